The third-order valence-corrected chi connectivity index (χ3v) is 4.04. The van der Waals surface area contributed by atoms with Gasteiger partial charge in [0.1, 0.15) is 5.82 Å². The van der Waals surface area contributed by atoms with Gasteiger partial charge < -0.3 is 5.32 Å². The Morgan fingerprint density at radius 1 is 1.21 bits per heavy atom. The van der Waals surface area contributed by atoms with E-state index in [0.717, 1.165) is 10.0 Å². The quantitative estimate of drug-likeness (QED) is 0.780. The number of amides is 1. The van der Waals surface area contributed by atoms with Crippen LogP contribution < -0.4 is 5.32 Å². The third kappa shape index (κ3) is 3.22. The van der Waals surface area contributed by atoms with E-state index >= 15 is 0 Å². The van der Waals surface area contributed by atoms with Crippen molar-refractivity contribution < 1.29 is 9.18 Å². The average Bonchev–Trinajstić information content (AvgIpc) is 2.37. The first kappa shape index (κ1) is 14.2. The zero-order chi connectivity index (χ0) is 14.0. The maximum absolute atomic E-state index is 13.6. The summed E-state index contributed by atoms with van der Waals surface area (Å²) >= 11 is 6.61. The summed E-state index contributed by atoms with van der Waals surface area (Å²) in [4.78, 5) is 12.1. The smallest absolute Gasteiger partial charge is 0.256 e. The van der Waals surface area contributed by atoms with Gasteiger partial charge in [-0.2, -0.15) is 0 Å². The van der Waals surface area contributed by atoms with Crippen molar-refractivity contribution in [2.75, 3.05) is 5.32 Å². The van der Waals surface area contributed by atoms with Crippen molar-refractivity contribution >= 4 is 43.5 Å². The summed E-state index contributed by atoms with van der Waals surface area (Å²) in [7, 11) is 0. The maximum atomic E-state index is 13.6. The van der Waals surface area contributed by atoms with Crippen LogP contribution in [0.1, 0.15) is 15.9 Å². The summed E-state index contributed by atoms with van der Waals surface area (Å²) in [5.74, 6) is -0.806. The lowest BCUT2D eigenvalue weighted by molar-refractivity contribution is 0.102. The van der Waals surface area contributed by atoms with Crippen LogP contribution in [0.4, 0.5) is 10.1 Å². The number of nitrogens with one attached hydrogen (secondary N) is 1. The number of rotatable bonds is 2. The van der Waals surface area contributed by atoms with Crippen molar-refractivity contribution in [2.45, 2.75) is 6.92 Å². The second-order valence-corrected chi connectivity index (χ2v) is 5.76. The zero-order valence-corrected chi connectivity index (χ0v) is 13.2. The third-order valence-electron chi connectivity index (χ3n) is 2.69. The van der Waals surface area contributed by atoms with E-state index < -0.39 is 5.82 Å². The van der Waals surface area contributed by atoms with E-state index in [1.807, 2.05) is 13.0 Å². The second kappa shape index (κ2) is 5.84. The predicted octanol–water partition coefficient (Wildman–Crippen LogP) is 4.91. The van der Waals surface area contributed by atoms with Gasteiger partial charge in [0, 0.05) is 14.5 Å². The van der Waals surface area contributed by atoms with Gasteiger partial charge in [-0.15, -0.1) is 0 Å². The van der Waals surface area contributed by atoms with E-state index in [-0.39, 0.29) is 11.6 Å². The minimum absolute atomic E-state index is 0.152. The highest BCUT2D eigenvalue weighted by Crippen LogP contribution is 2.23. The van der Waals surface area contributed by atoms with Crippen molar-refractivity contribution in [3.05, 3.63) is 62.3 Å². The van der Waals surface area contributed by atoms with E-state index in [4.69, 9.17) is 0 Å². The lowest BCUT2D eigenvalue weighted by atomic mass is 10.1. The lowest BCUT2D eigenvalue weighted by Gasteiger charge is -2.10. The van der Waals surface area contributed by atoms with Gasteiger partial charge in [0.2, 0.25) is 0 Å². The van der Waals surface area contributed by atoms with Crippen LogP contribution in [0.2, 0.25) is 0 Å². The van der Waals surface area contributed by atoms with Gasteiger partial charge in [0.05, 0.1) is 5.69 Å². The van der Waals surface area contributed by atoms with Crippen LogP contribution in [0.3, 0.4) is 0 Å². The van der Waals surface area contributed by atoms with Crippen LogP contribution in [-0.4, -0.2) is 5.91 Å². The molecule has 0 radical (unpaired) electrons. The Labute approximate surface area is 127 Å². The number of benzene rings is 2. The summed E-state index contributed by atoms with van der Waals surface area (Å²) < 4.78 is 15.1. The molecule has 0 aliphatic heterocycles. The van der Waals surface area contributed by atoms with Crippen molar-refractivity contribution in [1.29, 1.82) is 0 Å². The Morgan fingerprint density at radius 3 is 2.68 bits per heavy atom. The van der Waals surface area contributed by atoms with E-state index in [1.165, 1.54) is 12.1 Å². The van der Waals surface area contributed by atoms with Crippen molar-refractivity contribution in [3.63, 3.8) is 0 Å². The van der Waals surface area contributed by atoms with Crippen LogP contribution in [0, 0.1) is 12.7 Å². The fraction of sp³-hybridized carbons (Fsp3) is 0.0714. The average molecular weight is 387 g/mol. The van der Waals surface area contributed by atoms with Crippen LogP contribution >= 0.6 is 31.9 Å². The summed E-state index contributed by atoms with van der Waals surface area (Å²) in [6.45, 7) is 1.83. The molecule has 0 atom stereocenters. The highest BCUT2D eigenvalue weighted by atomic mass is 79.9. The second-order valence-electron chi connectivity index (χ2n) is 3.99. The molecule has 0 saturated heterocycles. The predicted molar refractivity (Wildman–Crippen MR) is 80.9 cm³/mol. The Balaban J connectivity index is 2.31. The van der Waals surface area contributed by atoms with E-state index in [1.54, 1.807) is 18.2 Å². The van der Waals surface area contributed by atoms with E-state index in [0.29, 0.717) is 10.0 Å². The fourth-order valence-corrected chi connectivity index (χ4v) is 2.36. The van der Waals surface area contributed by atoms with Crippen LogP contribution in [0.5, 0.6) is 0 Å². The maximum Gasteiger partial charge on any atom is 0.256 e. The van der Waals surface area contributed by atoms with Crippen LogP contribution in [0.25, 0.3) is 0 Å². The van der Waals surface area contributed by atoms with Crippen molar-refractivity contribution in [3.8, 4) is 0 Å². The number of anilines is 1. The minimum Gasteiger partial charge on any atom is -0.319 e. The molecule has 2 rings (SSSR count). The largest absolute Gasteiger partial charge is 0.319 e. The SMILES string of the molecule is Cc1c(Br)cccc1C(=O)Nc1cc(Br)ccc1F. The molecule has 0 bridgehead atoms. The van der Waals surface area contributed by atoms with Gasteiger partial charge in [-0.3, -0.25) is 4.79 Å². The number of carbonyl (C=O) groups is 1. The molecule has 0 spiro atoms. The molecule has 5 heteroatoms. The molecule has 0 fully saturated rings. The number of halogens is 3. The van der Waals surface area contributed by atoms with Gasteiger partial charge in [-0.1, -0.05) is 37.9 Å². The number of hydrogen-bond acceptors (Lipinski definition) is 1. The highest BCUT2D eigenvalue weighted by Gasteiger charge is 2.13. The number of hydrogen-bond donors (Lipinski definition) is 1. The molecule has 98 valence electrons. The van der Waals surface area contributed by atoms with E-state index in [2.05, 4.69) is 37.2 Å². The van der Waals surface area contributed by atoms with Gasteiger partial charge in [-0.05, 0) is 42.8 Å². The van der Waals surface area contributed by atoms with Gasteiger partial charge in [0.15, 0.2) is 0 Å². The number of carbonyl (C=O) groups excluding carboxylic acids is 1. The molecule has 0 unspecified atom stereocenters. The Bertz CT molecular complexity index is 643. The minimum atomic E-state index is -0.468. The molecular weight excluding hydrogens is 377 g/mol. The Morgan fingerprint density at radius 2 is 1.95 bits per heavy atom. The topological polar surface area (TPSA) is 29.1 Å². The molecule has 1 amide bonds. The molecule has 0 saturated carbocycles. The Hall–Kier alpha value is -1.20. The standard InChI is InChI=1S/C14H10Br2FNO/c1-8-10(3-2-4-11(8)16)14(19)18-13-7-9(15)5-6-12(13)17/h2-7H,1H3,(H,18,19). The molecule has 0 aromatic heterocycles. The summed E-state index contributed by atoms with van der Waals surface area (Å²) in [5.41, 5.74) is 1.47. The molecular formula is C14H10Br2FNO. The summed E-state index contributed by atoms with van der Waals surface area (Å²) in [5, 5.41) is 2.57. The van der Waals surface area contributed by atoms with Gasteiger partial charge in [-0.25, -0.2) is 4.39 Å². The molecule has 2 aromatic carbocycles. The molecule has 2 nitrogen and oxygen atoms in total. The first-order valence-corrected chi connectivity index (χ1v) is 7.09. The van der Waals surface area contributed by atoms with Crippen LogP contribution in [0.15, 0.2) is 45.3 Å². The fourth-order valence-electron chi connectivity index (χ4n) is 1.64. The highest BCUT2D eigenvalue weighted by molar-refractivity contribution is 9.10. The van der Waals surface area contributed by atoms with Crippen molar-refractivity contribution in [2.24, 2.45) is 0 Å². The first-order valence-electron chi connectivity index (χ1n) is 5.50. The van der Waals surface area contributed by atoms with Gasteiger partial charge >= 0.3 is 0 Å². The van der Waals surface area contributed by atoms with Gasteiger partial charge in [0.25, 0.3) is 5.91 Å². The lowest BCUT2D eigenvalue weighted by Crippen LogP contribution is -2.14. The molecule has 0 aliphatic rings. The van der Waals surface area contributed by atoms with Crippen LogP contribution in [-0.2, 0) is 0 Å². The molecule has 0 aliphatic carbocycles. The molecule has 19 heavy (non-hydrogen) atoms. The molecule has 2 aromatic rings. The normalized spacial score (nSPS) is 10.3. The summed E-state index contributed by atoms with van der Waals surface area (Å²) in [6.07, 6.45) is 0. The summed E-state index contributed by atoms with van der Waals surface area (Å²) in [6, 6.07) is 9.73. The molecule has 1 N–H and O–H groups in total. The monoisotopic (exact) mass is 385 g/mol. The zero-order valence-electron chi connectivity index (χ0n) is 10.0. The first-order chi connectivity index (χ1) is 8.99. The molecule has 0 heterocycles. The Kier molecular flexibility index (Phi) is 4.37. The van der Waals surface area contributed by atoms with E-state index in [9.17, 15) is 9.18 Å². The van der Waals surface area contributed by atoms with Crippen molar-refractivity contribution in [1.82, 2.24) is 0 Å².